The van der Waals surface area contributed by atoms with Gasteiger partial charge in [0, 0.05) is 10.7 Å². The number of fused-ring (bicyclic) bond motifs is 1. The highest BCUT2D eigenvalue weighted by Crippen LogP contribution is 2.40. The highest BCUT2D eigenvalue weighted by Gasteiger charge is 2.49. The van der Waals surface area contributed by atoms with Crippen LogP contribution in [0.5, 0.6) is 0 Å². The Morgan fingerprint density at radius 3 is 2.52 bits per heavy atom. The number of halogens is 1. The van der Waals surface area contributed by atoms with Crippen LogP contribution in [0.1, 0.15) is 26.2 Å². The fourth-order valence-electron chi connectivity index (χ4n) is 3.35. The molecule has 0 aromatic heterocycles. The molecule has 112 valence electrons. The van der Waals surface area contributed by atoms with E-state index in [1.165, 1.54) is 4.90 Å². The number of carbonyl (C=O) groups excluding carboxylic acids is 2. The molecule has 0 spiro atoms. The van der Waals surface area contributed by atoms with Gasteiger partial charge in [-0.1, -0.05) is 18.5 Å². The lowest BCUT2D eigenvalue weighted by Gasteiger charge is -2.25. The second-order valence-corrected chi connectivity index (χ2v) is 6.51. The summed E-state index contributed by atoms with van der Waals surface area (Å²) in [6.07, 6.45) is 2.72. The maximum atomic E-state index is 12.4. The highest BCUT2D eigenvalue weighted by atomic mass is 35.5. The molecular formula is C16H19ClN2O2. The Morgan fingerprint density at radius 2 is 1.81 bits per heavy atom. The quantitative estimate of drug-likeness (QED) is 0.873. The zero-order chi connectivity index (χ0) is 15.0. The lowest BCUT2D eigenvalue weighted by Crippen LogP contribution is -2.35. The first-order chi connectivity index (χ1) is 10.1. The van der Waals surface area contributed by atoms with Crippen LogP contribution >= 0.6 is 11.6 Å². The number of benzene rings is 1. The van der Waals surface area contributed by atoms with Gasteiger partial charge in [0.25, 0.3) is 0 Å². The highest BCUT2D eigenvalue weighted by molar-refractivity contribution is 6.30. The van der Waals surface area contributed by atoms with Crippen molar-refractivity contribution in [2.45, 2.75) is 26.2 Å². The third kappa shape index (κ3) is 2.77. The van der Waals surface area contributed by atoms with E-state index in [0.29, 0.717) is 10.9 Å². The molecule has 3 atom stereocenters. The van der Waals surface area contributed by atoms with Crippen molar-refractivity contribution in [3.05, 3.63) is 29.3 Å². The second-order valence-electron chi connectivity index (χ2n) is 6.08. The summed E-state index contributed by atoms with van der Waals surface area (Å²) >= 11 is 5.84. The minimum absolute atomic E-state index is 0.0154. The SMILES string of the molecule is C[C@@H]1CC[C@@H]2C(=O)N(CNc3ccc(Cl)cc3)C(=O)[C@@H]2C1. The molecule has 1 aromatic carbocycles. The van der Waals surface area contributed by atoms with E-state index in [-0.39, 0.29) is 30.3 Å². The van der Waals surface area contributed by atoms with Crippen LogP contribution in [0.15, 0.2) is 24.3 Å². The zero-order valence-corrected chi connectivity index (χ0v) is 12.8. The Kier molecular flexibility index (Phi) is 3.89. The predicted molar refractivity (Wildman–Crippen MR) is 81.8 cm³/mol. The molecule has 0 unspecified atom stereocenters. The van der Waals surface area contributed by atoms with Gasteiger partial charge in [0.15, 0.2) is 0 Å². The normalized spacial score (nSPS) is 28.7. The van der Waals surface area contributed by atoms with Gasteiger partial charge in [0.2, 0.25) is 11.8 Å². The van der Waals surface area contributed by atoms with Crippen LogP contribution in [-0.2, 0) is 9.59 Å². The van der Waals surface area contributed by atoms with E-state index in [9.17, 15) is 9.59 Å². The number of likely N-dealkylation sites (tertiary alicyclic amines) is 1. The molecular weight excluding hydrogens is 288 g/mol. The Labute approximate surface area is 129 Å². The molecule has 2 amide bonds. The molecule has 21 heavy (non-hydrogen) atoms. The zero-order valence-electron chi connectivity index (χ0n) is 12.0. The Balaban J connectivity index is 1.67. The maximum Gasteiger partial charge on any atom is 0.234 e. The van der Waals surface area contributed by atoms with Crippen LogP contribution in [0.3, 0.4) is 0 Å². The van der Waals surface area contributed by atoms with Crippen molar-refractivity contribution < 1.29 is 9.59 Å². The lowest BCUT2D eigenvalue weighted by atomic mass is 9.76. The molecule has 0 radical (unpaired) electrons. The van der Waals surface area contributed by atoms with Gasteiger partial charge < -0.3 is 5.32 Å². The maximum absolute atomic E-state index is 12.4. The molecule has 3 rings (SSSR count). The van der Waals surface area contributed by atoms with Crippen molar-refractivity contribution in [1.82, 2.24) is 4.90 Å². The van der Waals surface area contributed by atoms with E-state index in [1.807, 2.05) is 12.1 Å². The van der Waals surface area contributed by atoms with E-state index >= 15 is 0 Å². The number of hydrogen-bond acceptors (Lipinski definition) is 3. The van der Waals surface area contributed by atoms with Crippen molar-refractivity contribution in [3.8, 4) is 0 Å². The van der Waals surface area contributed by atoms with Crippen molar-refractivity contribution in [2.24, 2.45) is 17.8 Å². The average Bonchev–Trinajstić information content (AvgIpc) is 2.70. The summed E-state index contributed by atoms with van der Waals surface area (Å²) in [4.78, 5) is 26.2. The number of hydrogen-bond donors (Lipinski definition) is 1. The number of imide groups is 1. The first-order valence-corrected chi connectivity index (χ1v) is 7.78. The van der Waals surface area contributed by atoms with Crippen molar-refractivity contribution in [2.75, 3.05) is 12.0 Å². The van der Waals surface area contributed by atoms with Crippen molar-refractivity contribution in [1.29, 1.82) is 0 Å². The number of amides is 2. The average molecular weight is 307 g/mol. The molecule has 0 bridgehead atoms. The molecule has 1 saturated heterocycles. The number of nitrogens with zero attached hydrogens (tertiary/aromatic N) is 1. The summed E-state index contributed by atoms with van der Waals surface area (Å²) in [5.41, 5.74) is 0.850. The van der Waals surface area contributed by atoms with Crippen LogP contribution in [0, 0.1) is 17.8 Å². The van der Waals surface area contributed by atoms with Crippen LogP contribution in [0.2, 0.25) is 5.02 Å². The van der Waals surface area contributed by atoms with Gasteiger partial charge in [-0.15, -0.1) is 0 Å². The van der Waals surface area contributed by atoms with E-state index in [1.54, 1.807) is 12.1 Å². The minimum atomic E-state index is -0.103. The van der Waals surface area contributed by atoms with E-state index < -0.39 is 0 Å². The van der Waals surface area contributed by atoms with Gasteiger partial charge in [-0.25, -0.2) is 0 Å². The largest absolute Gasteiger partial charge is 0.367 e. The van der Waals surface area contributed by atoms with Gasteiger partial charge in [-0.2, -0.15) is 0 Å². The smallest absolute Gasteiger partial charge is 0.234 e. The number of carbonyl (C=O) groups is 2. The molecule has 1 N–H and O–H groups in total. The third-order valence-electron chi connectivity index (χ3n) is 4.56. The van der Waals surface area contributed by atoms with E-state index in [2.05, 4.69) is 12.2 Å². The summed E-state index contributed by atoms with van der Waals surface area (Å²) in [6.45, 7) is 2.39. The Hall–Kier alpha value is -1.55. The topological polar surface area (TPSA) is 49.4 Å². The molecule has 4 nitrogen and oxygen atoms in total. The van der Waals surface area contributed by atoms with Crippen LogP contribution < -0.4 is 5.32 Å². The summed E-state index contributed by atoms with van der Waals surface area (Å²) in [5.74, 6) is 0.303. The first-order valence-electron chi connectivity index (χ1n) is 7.41. The third-order valence-corrected chi connectivity index (χ3v) is 4.82. The molecule has 2 aliphatic rings. The van der Waals surface area contributed by atoms with E-state index in [4.69, 9.17) is 11.6 Å². The minimum Gasteiger partial charge on any atom is -0.367 e. The fraction of sp³-hybridized carbons (Fsp3) is 0.500. The number of anilines is 1. The number of rotatable bonds is 3. The Morgan fingerprint density at radius 1 is 1.14 bits per heavy atom. The molecule has 1 saturated carbocycles. The summed E-state index contributed by atoms with van der Waals surface area (Å²) < 4.78 is 0. The van der Waals surface area contributed by atoms with Crippen LogP contribution in [-0.4, -0.2) is 23.4 Å². The number of nitrogens with one attached hydrogen (secondary N) is 1. The molecule has 1 heterocycles. The monoisotopic (exact) mass is 306 g/mol. The van der Waals surface area contributed by atoms with Crippen molar-refractivity contribution in [3.63, 3.8) is 0 Å². The van der Waals surface area contributed by atoms with Gasteiger partial charge >= 0.3 is 0 Å². The predicted octanol–water partition coefficient (Wildman–Crippen LogP) is 3.13. The fourth-order valence-corrected chi connectivity index (χ4v) is 3.48. The Bertz CT molecular complexity index is 558. The van der Waals surface area contributed by atoms with Gasteiger partial charge in [-0.05, 0) is 49.4 Å². The summed E-state index contributed by atoms with van der Waals surface area (Å²) in [5, 5.41) is 3.78. The van der Waals surface area contributed by atoms with Gasteiger partial charge in [0.05, 0.1) is 18.5 Å². The van der Waals surface area contributed by atoms with Crippen LogP contribution in [0.25, 0.3) is 0 Å². The van der Waals surface area contributed by atoms with Crippen LogP contribution in [0.4, 0.5) is 5.69 Å². The van der Waals surface area contributed by atoms with E-state index in [0.717, 1.165) is 24.9 Å². The molecule has 5 heteroatoms. The molecule has 1 aliphatic heterocycles. The van der Waals surface area contributed by atoms with Gasteiger partial charge in [0.1, 0.15) is 0 Å². The van der Waals surface area contributed by atoms with Gasteiger partial charge in [-0.3, -0.25) is 14.5 Å². The second kappa shape index (κ2) is 5.68. The summed E-state index contributed by atoms with van der Waals surface area (Å²) in [6, 6.07) is 7.23. The first kappa shape index (κ1) is 14.4. The van der Waals surface area contributed by atoms with Crippen molar-refractivity contribution >= 4 is 29.1 Å². The summed E-state index contributed by atoms with van der Waals surface area (Å²) in [7, 11) is 0. The molecule has 2 fully saturated rings. The lowest BCUT2D eigenvalue weighted by molar-refractivity contribution is -0.139. The molecule has 1 aliphatic carbocycles. The molecule has 1 aromatic rings. The standard InChI is InChI=1S/C16H19ClN2O2/c1-10-2-7-13-14(8-10)16(21)19(15(13)20)9-18-12-5-3-11(17)4-6-12/h3-6,10,13-14,18H,2,7-9H2,1H3/t10-,13+,14-/m1/s1.